The highest BCUT2D eigenvalue weighted by molar-refractivity contribution is 7.99. The molecule has 72 valence electrons. The highest BCUT2D eigenvalue weighted by atomic mass is 32.2. The number of nitrogens with zero attached hydrogens (tertiary/aromatic N) is 3. The Balaban J connectivity index is 2.15. The molecule has 0 amide bonds. The Morgan fingerprint density at radius 3 is 2.79 bits per heavy atom. The number of aryl methyl sites for hydroxylation is 1. The van der Waals surface area contributed by atoms with Gasteiger partial charge in [-0.25, -0.2) is 15.0 Å². The van der Waals surface area contributed by atoms with Crippen LogP contribution in [0, 0.1) is 6.92 Å². The van der Waals surface area contributed by atoms with Crippen molar-refractivity contribution in [2.75, 3.05) is 5.73 Å². The molecule has 2 aromatic heterocycles. The van der Waals surface area contributed by atoms with Crippen molar-refractivity contribution in [3.63, 3.8) is 0 Å². The van der Waals surface area contributed by atoms with E-state index in [1.54, 1.807) is 12.5 Å². The highest BCUT2D eigenvalue weighted by Gasteiger charge is 2.04. The lowest BCUT2D eigenvalue weighted by molar-refractivity contribution is 0.453. The van der Waals surface area contributed by atoms with Crippen LogP contribution in [0.5, 0.6) is 0 Å². The third kappa shape index (κ3) is 2.02. The van der Waals surface area contributed by atoms with Crippen LogP contribution in [0.2, 0.25) is 0 Å². The van der Waals surface area contributed by atoms with E-state index in [0.29, 0.717) is 16.1 Å². The number of aromatic nitrogens is 3. The number of hydrogen-bond acceptors (Lipinski definition) is 6. The number of nitrogens with two attached hydrogens (primary N) is 1. The minimum absolute atomic E-state index is 0.401. The van der Waals surface area contributed by atoms with E-state index in [1.165, 1.54) is 18.0 Å². The molecule has 0 saturated carbocycles. The summed E-state index contributed by atoms with van der Waals surface area (Å²) in [6.45, 7) is 1.86. The molecule has 0 atom stereocenters. The first-order chi connectivity index (χ1) is 6.74. The van der Waals surface area contributed by atoms with Gasteiger partial charge in [-0.15, -0.1) is 0 Å². The van der Waals surface area contributed by atoms with Gasteiger partial charge in [-0.2, -0.15) is 0 Å². The fraction of sp³-hybridized carbons (Fsp3) is 0.125. The molecule has 0 spiro atoms. The molecule has 2 heterocycles. The summed E-state index contributed by atoms with van der Waals surface area (Å²) in [4.78, 5) is 12.1. The Kier molecular flexibility index (Phi) is 2.36. The van der Waals surface area contributed by atoms with Crippen LogP contribution in [0.15, 0.2) is 33.3 Å². The summed E-state index contributed by atoms with van der Waals surface area (Å²) >= 11 is 1.31. The molecule has 14 heavy (non-hydrogen) atoms. The lowest BCUT2D eigenvalue weighted by Gasteiger charge is -1.94. The van der Waals surface area contributed by atoms with E-state index in [0.717, 1.165) is 5.69 Å². The van der Waals surface area contributed by atoms with E-state index >= 15 is 0 Å². The second-order valence-corrected chi connectivity index (χ2v) is 3.61. The van der Waals surface area contributed by atoms with Gasteiger partial charge in [0.1, 0.15) is 17.1 Å². The average Bonchev–Trinajstić information content (AvgIpc) is 2.56. The lowest BCUT2D eigenvalue weighted by Crippen LogP contribution is -1.91. The van der Waals surface area contributed by atoms with E-state index in [4.69, 9.17) is 10.2 Å². The molecule has 0 fully saturated rings. The fourth-order valence-corrected chi connectivity index (χ4v) is 1.52. The van der Waals surface area contributed by atoms with Gasteiger partial charge in [-0.3, -0.25) is 0 Å². The molecule has 0 aliphatic rings. The summed E-state index contributed by atoms with van der Waals surface area (Å²) in [5.41, 5.74) is 6.25. The number of hydrogen-bond donors (Lipinski definition) is 1. The summed E-state index contributed by atoms with van der Waals surface area (Å²) in [5.74, 6) is 0.401. The van der Waals surface area contributed by atoms with Gasteiger partial charge >= 0.3 is 0 Å². The average molecular weight is 208 g/mol. The maximum atomic E-state index is 5.40. The third-order valence-electron chi connectivity index (χ3n) is 1.44. The lowest BCUT2D eigenvalue weighted by atomic mass is 10.6. The van der Waals surface area contributed by atoms with Crippen LogP contribution in [0.4, 0.5) is 5.82 Å². The maximum Gasteiger partial charge on any atom is 0.262 e. The second-order valence-electron chi connectivity index (χ2n) is 2.64. The van der Waals surface area contributed by atoms with E-state index in [1.807, 2.05) is 6.92 Å². The number of anilines is 1. The van der Waals surface area contributed by atoms with E-state index in [9.17, 15) is 0 Å². The molecule has 0 aliphatic carbocycles. The van der Waals surface area contributed by atoms with Gasteiger partial charge in [0.05, 0.1) is 18.1 Å². The molecule has 0 saturated heterocycles. The Hall–Kier alpha value is -1.56. The second kappa shape index (κ2) is 3.67. The first kappa shape index (κ1) is 9.01. The molecule has 0 aliphatic heterocycles. The smallest absolute Gasteiger partial charge is 0.262 e. The molecule has 2 N–H and O–H groups in total. The van der Waals surface area contributed by atoms with Gasteiger partial charge in [0.15, 0.2) is 0 Å². The maximum absolute atomic E-state index is 5.40. The van der Waals surface area contributed by atoms with Crippen molar-refractivity contribution in [2.24, 2.45) is 0 Å². The third-order valence-corrected chi connectivity index (χ3v) is 2.22. The van der Waals surface area contributed by atoms with Crippen molar-refractivity contribution < 1.29 is 4.42 Å². The zero-order chi connectivity index (χ0) is 9.97. The topological polar surface area (TPSA) is 77.8 Å². The van der Waals surface area contributed by atoms with Crippen LogP contribution in [0.25, 0.3) is 0 Å². The van der Waals surface area contributed by atoms with Gasteiger partial charge in [-0.05, 0) is 18.7 Å². The summed E-state index contributed by atoms with van der Waals surface area (Å²) in [5, 5.41) is 1.27. The van der Waals surface area contributed by atoms with Gasteiger partial charge in [-0.1, -0.05) is 0 Å². The molecule has 2 rings (SSSR count). The zero-order valence-corrected chi connectivity index (χ0v) is 8.28. The van der Waals surface area contributed by atoms with Crippen LogP contribution in [-0.4, -0.2) is 15.0 Å². The van der Waals surface area contributed by atoms with Gasteiger partial charge in [0.25, 0.3) is 5.22 Å². The number of rotatable bonds is 2. The Labute approximate surface area is 84.8 Å². The Bertz CT molecular complexity index is 425. The minimum Gasteiger partial charge on any atom is -0.439 e. The van der Waals surface area contributed by atoms with Crippen molar-refractivity contribution >= 4 is 17.6 Å². The normalized spacial score (nSPS) is 10.4. The van der Waals surface area contributed by atoms with Crippen LogP contribution in [-0.2, 0) is 0 Å². The monoisotopic (exact) mass is 208 g/mol. The van der Waals surface area contributed by atoms with Crippen molar-refractivity contribution in [1.29, 1.82) is 0 Å². The number of oxazole rings is 1. The van der Waals surface area contributed by atoms with Crippen LogP contribution in [0.1, 0.15) is 5.69 Å². The molecule has 0 unspecified atom stereocenters. The number of nitrogen functional groups attached to an aromatic ring is 1. The zero-order valence-electron chi connectivity index (χ0n) is 7.47. The molecular formula is C8H8N4OS. The molecule has 5 nitrogen and oxygen atoms in total. The van der Waals surface area contributed by atoms with Crippen molar-refractivity contribution in [1.82, 2.24) is 15.0 Å². The molecule has 0 radical (unpaired) electrons. The predicted molar refractivity (Wildman–Crippen MR) is 51.8 cm³/mol. The highest BCUT2D eigenvalue weighted by Crippen LogP contribution is 2.24. The first-order valence-corrected chi connectivity index (χ1v) is 4.73. The van der Waals surface area contributed by atoms with Crippen LogP contribution in [0.3, 0.4) is 0 Å². The largest absolute Gasteiger partial charge is 0.439 e. The van der Waals surface area contributed by atoms with Crippen molar-refractivity contribution in [3.8, 4) is 0 Å². The van der Waals surface area contributed by atoms with E-state index < -0.39 is 0 Å². The van der Waals surface area contributed by atoms with Crippen molar-refractivity contribution in [3.05, 3.63) is 24.4 Å². The van der Waals surface area contributed by atoms with Gasteiger partial charge in [0, 0.05) is 0 Å². The molecule has 6 heteroatoms. The van der Waals surface area contributed by atoms with Gasteiger partial charge < -0.3 is 10.2 Å². The minimum atomic E-state index is 0.401. The molecule has 0 aromatic carbocycles. The Morgan fingerprint density at radius 1 is 1.36 bits per heavy atom. The van der Waals surface area contributed by atoms with E-state index in [2.05, 4.69) is 15.0 Å². The fourth-order valence-electron chi connectivity index (χ4n) is 0.848. The van der Waals surface area contributed by atoms with Crippen LogP contribution < -0.4 is 5.73 Å². The molecular weight excluding hydrogens is 200 g/mol. The summed E-state index contributed by atoms with van der Waals surface area (Å²) in [6.07, 6.45) is 4.67. The van der Waals surface area contributed by atoms with Crippen LogP contribution >= 0.6 is 11.8 Å². The Morgan fingerprint density at radius 2 is 2.21 bits per heavy atom. The van der Waals surface area contributed by atoms with Gasteiger partial charge in [0.2, 0.25) is 0 Å². The van der Waals surface area contributed by atoms with E-state index in [-0.39, 0.29) is 0 Å². The quantitative estimate of drug-likeness (QED) is 0.805. The summed E-state index contributed by atoms with van der Waals surface area (Å²) in [7, 11) is 0. The SMILES string of the molecule is Cc1coc(Sc2cnc(N)cn2)n1. The molecule has 0 bridgehead atoms. The predicted octanol–water partition coefficient (Wildman–Crippen LogP) is 1.51. The summed E-state index contributed by atoms with van der Waals surface area (Å²) < 4.78 is 5.15. The van der Waals surface area contributed by atoms with Crippen molar-refractivity contribution in [2.45, 2.75) is 17.2 Å². The first-order valence-electron chi connectivity index (χ1n) is 3.91. The summed E-state index contributed by atoms with van der Waals surface area (Å²) in [6, 6.07) is 0. The standard InChI is InChI=1S/C8H8N4OS/c1-5-4-13-8(12-5)14-7-3-10-6(9)2-11-7/h2-4H,1H3,(H2,9,10). The molecule has 2 aromatic rings.